The molecule has 0 saturated carbocycles. The van der Waals surface area contributed by atoms with Crippen LogP contribution < -0.4 is 4.74 Å². The van der Waals surface area contributed by atoms with Gasteiger partial charge in [0.2, 0.25) is 5.90 Å². The van der Waals surface area contributed by atoms with E-state index in [1.807, 2.05) is 0 Å². The van der Waals surface area contributed by atoms with Gasteiger partial charge in [0.25, 0.3) is 5.69 Å². The maximum Gasteiger partial charge on any atom is 0.363 e. The SMILES string of the molecule is O=C1OC(c2ccc(Cl)cc2)=N/C1=C\c1ccc(OC(=O)c2cccc([N+](=O)[O-])c2)cc1. The fourth-order valence-electron chi connectivity index (χ4n) is 2.83. The lowest BCUT2D eigenvalue weighted by atomic mass is 10.2. The van der Waals surface area contributed by atoms with Crippen molar-refractivity contribution in [1.29, 1.82) is 0 Å². The van der Waals surface area contributed by atoms with Crippen LogP contribution in [0.2, 0.25) is 5.02 Å². The summed E-state index contributed by atoms with van der Waals surface area (Å²) in [6.45, 7) is 0. The van der Waals surface area contributed by atoms with Crippen molar-refractivity contribution in [2.45, 2.75) is 0 Å². The lowest BCUT2D eigenvalue weighted by Gasteiger charge is -2.04. The molecule has 0 amide bonds. The summed E-state index contributed by atoms with van der Waals surface area (Å²) in [5.41, 5.74) is 1.23. The first-order valence-electron chi connectivity index (χ1n) is 9.24. The number of nitro benzene ring substituents is 1. The van der Waals surface area contributed by atoms with E-state index in [0.717, 1.165) is 6.07 Å². The minimum absolute atomic E-state index is 0.0585. The molecule has 0 bridgehead atoms. The molecule has 1 aliphatic rings. The summed E-state index contributed by atoms with van der Waals surface area (Å²) < 4.78 is 10.5. The number of esters is 2. The second-order valence-corrected chi connectivity index (χ2v) is 7.05. The predicted molar refractivity (Wildman–Crippen MR) is 117 cm³/mol. The first-order chi connectivity index (χ1) is 15.4. The van der Waals surface area contributed by atoms with Gasteiger partial charge >= 0.3 is 11.9 Å². The molecule has 0 radical (unpaired) electrons. The zero-order valence-corrected chi connectivity index (χ0v) is 17.0. The summed E-state index contributed by atoms with van der Waals surface area (Å²) in [5.74, 6) is -0.893. The molecule has 0 spiro atoms. The molecule has 4 rings (SSSR count). The number of benzene rings is 3. The number of rotatable bonds is 5. The molecule has 3 aromatic rings. The molecule has 3 aromatic carbocycles. The molecule has 0 aromatic heterocycles. The minimum Gasteiger partial charge on any atom is -0.423 e. The average Bonchev–Trinajstić information content (AvgIpc) is 3.15. The molecular weight excluding hydrogens is 436 g/mol. The standard InChI is InChI=1S/C23H13ClN2O6/c24-17-8-6-15(7-9-17)21-25-20(23(28)32-21)12-14-4-10-19(11-5-14)31-22(27)16-2-1-3-18(13-16)26(29)30/h1-13H/b20-12-. The van der Waals surface area contributed by atoms with Crippen molar-refractivity contribution in [3.63, 3.8) is 0 Å². The van der Waals surface area contributed by atoms with E-state index in [-0.39, 0.29) is 28.6 Å². The summed E-state index contributed by atoms with van der Waals surface area (Å²) in [6, 6.07) is 18.3. The number of ether oxygens (including phenoxy) is 2. The molecule has 0 fully saturated rings. The van der Waals surface area contributed by atoms with Gasteiger partial charge in [0.15, 0.2) is 5.70 Å². The van der Waals surface area contributed by atoms with Gasteiger partial charge in [0.1, 0.15) is 5.75 Å². The van der Waals surface area contributed by atoms with Gasteiger partial charge in [-0.1, -0.05) is 29.8 Å². The number of non-ortho nitro benzene ring substituents is 1. The molecule has 32 heavy (non-hydrogen) atoms. The Morgan fingerprint density at radius 2 is 1.78 bits per heavy atom. The quantitative estimate of drug-likeness (QED) is 0.182. The van der Waals surface area contributed by atoms with Gasteiger partial charge in [-0.25, -0.2) is 14.6 Å². The van der Waals surface area contributed by atoms with Crippen LogP contribution in [0.5, 0.6) is 5.75 Å². The summed E-state index contributed by atoms with van der Waals surface area (Å²) in [5, 5.41) is 11.4. The third-order valence-electron chi connectivity index (χ3n) is 4.40. The minimum atomic E-state index is -0.726. The summed E-state index contributed by atoms with van der Waals surface area (Å²) >= 11 is 5.86. The third kappa shape index (κ3) is 4.71. The second-order valence-electron chi connectivity index (χ2n) is 6.61. The number of aliphatic imine (C=N–C) groups is 1. The summed E-state index contributed by atoms with van der Waals surface area (Å²) in [6.07, 6.45) is 1.54. The lowest BCUT2D eigenvalue weighted by Crippen LogP contribution is -2.08. The fraction of sp³-hybridized carbons (Fsp3) is 0. The van der Waals surface area contributed by atoms with Crippen molar-refractivity contribution in [3.05, 3.63) is 110 Å². The predicted octanol–water partition coefficient (Wildman–Crippen LogP) is 4.81. The van der Waals surface area contributed by atoms with Crippen LogP contribution in [0.15, 0.2) is 83.5 Å². The zero-order chi connectivity index (χ0) is 22.7. The number of nitro groups is 1. The Kier molecular flexibility index (Phi) is 5.78. The Morgan fingerprint density at radius 1 is 1.06 bits per heavy atom. The highest BCUT2D eigenvalue weighted by Crippen LogP contribution is 2.22. The maximum absolute atomic E-state index is 12.2. The number of cyclic esters (lactones) is 1. The lowest BCUT2D eigenvalue weighted by molar-refractivity contribution is -0.384. The van der Waals surface area contributed by atoms with Gasteiger partial charge in [-0.2, -0.15) is 0 Å². The highest BCUT2D eigenvalue weighted by Gasteiger charge is 2.24. The second kappa shape index (κ2) is 8.83. The van der Waals surface area contributed by atoms with E-state index in [2.05, 4.69) is 4.99 Å². The van der Waals surface area contributed by atoms with Crippen LogP contribution in [-0.4, -0.2) is 22.8 Å². The largest absolute Gasteiger partial charge is 0.423 e. The van der Waals surface area contributed by atoms with E-state index in [1.165, 1.54) is 36.4 Å². The molecule has 8 nitrogen and oxygen atoms in total. The van der Waals surface area contributed by atoms with Crippen molar-refractivity contribution in [2.24, 2.45) is 4.99 Å². The van der Waals surface area contributed by atoms with E-state index in [4.69, 9.17) is 21.1 Å². The van der Waals surface area contributed by atoms with Gasteiger partial charge in [-0.3, -0.25) is 10.1 Å². The van der Waals surface area contributed by atoms with Crippen LogP contribution in [0, 0.1) is 10.1 Å². The molecule has 158 valence electrons. The fourth-order valence-corrected chi connectivity index (χ4v) is 2.95. The van der Waals surface area contributed by atoms with Crippen molar-refractivity contribution >= 4 is 41.2 Å². The van der Waals surface area contributed by atoms with Crippen molar-refractivity contribution in [2.75, 3.05) is 0 Å². The van der Waals surface area contributed by atoms with E-state index < -0.39 is 16.9 Å². The van der Waals surface area contributed by atoms with E-state index in [0.29, 0.717) is 16.1 Å². The number of carbonyl (C=O) groups excluding carboxylic acids is 2. The highest BCUT2D eigenvalue weighted by molar-refractivity contribution is 6.30. The number of nitrogens with zero attached hydrogens (tertiary/aromatic N) is 2. The Morgan fingerprint density at radius 3 is 2.47 bits per heavy atom. The molecule has 1 aliphatic heterocycles. The monoisotopic (exact) mass is 448 g/mol. The smallest absolute Gasteiger partial charge is 0.363 e. The van der Waals surface area contributed by atoms with Crippen molar-refractivity contribution in [1.82, 2.24) is 0 Å². The van der Waals surface area contributed by atoms with Gasteiger partial charge < -0.3 is 9.47 Å². The normalized spacial score (nSPS) is 14.1. The Labute approximate surface area is 186 Å². The topological polar surface area (TPSA) is 108 Å². The van der Waals surface area contributed by atoms with E-state index in [9.17, 15) is 19.7 Å². The number of hydrogen-bond donors (Lipinski definition) is 0. The summed E-state index contributed by atoms with van der Waals surface area (Å²) in [4.78, 5) is 38.9. The van der Waals surface area contributed by atoms with Crippen LogP contribution in [-0.2, 0) is 9.53 Å². The van der Waals surface area contributed by atoms with Crippen molar-refractivity contribution < 1.29 is 24.0 Å². The molecule has 0 atom stereocenters. The van der Waals surface area contributed by atoms with E-state index >= 15 is 0 Å². The van der Waals surface area contributed by atoms with Crippen molar-refractivity contribution in [3.8, 4) is 5.75 Å². The van der Waals surface area contributed by atoms with Gasteiger partial charge in [-0.05, 0) is 54.1 Å². The Balaban J connectivity index is 1.48. The molecule has 0 saturated heterocycles. The van der Waals surface area contributed by atoms with Crippen LogP contribution >= 0.6 is 11.6 Å². The molecular formula is C23H13ClN2O6. The average molecular weight is 449 g/mol. The zero-order valence-electron chi connectivity index (χ0n) is 16.2. The molecule has 1 heterocycles. The highest BCUT2D eigenvalue weighted by atomic mass is 35.5. The van der Waals surface area contributed by atoms with Gasteiger partial charge in [0.05, 0.1) is 10.5 Å². The molecule has 0 aliphatic carbocycles. The first-order valence-corrected chi connectivity index (χ1v) is 9.62. The van der Waals surface area contributed by atoms with Crippen LogP contribution in [0.4, 0.5) is 5.69 Å². The van der Waals surface area contributed by atoms with Crippen LogP contribution in [0.1, 0.15) is 21.5 Å². The number of carbonyl (C=O) groups is 2. The van der Waals surface area contributed by atoms with E-state index in [1.54, 1.807) is 36.4 Å². The number of hydrogen-bond acceptors (Lipinski definition) is 7. The third-order valence-corrected chi connectivity index (χ3v) is 4.65. The molecule has 0 unspecified atom stereocenters. The Bertz CT molecular complexity index is 1280. The molecule has 0 N–H and O–H groups in total. The maximum atomic E-state index is 12.2. The van der Waals surface area contributed by atoms with Gasteiger partial charge in [-0.15, -0.1) is 0 Å². The first kappa shape index (κ1) is 21.0. The number of halogens is 1. The van der Waals surface area contributed by atoms with Crippen LogP contribution in [0.3, 0.4) is 0 Å². The summed E-state index contributed by atoms with van der Waals surface area (Å²) in [7, 11) is 0. The van der Waals surface area contributed by atoms with Gasteiger partial charge in [0, 0.05) is 22.7 Å². The van der Waals surface area contributed by atoms with Crippen LogP contribution in [0.25, 0.3) is 6.08 Å². The molecule has 9 heteroatoms. The Hall–Kier alpha value is -4.30.